The Morgan fingerprint density at radius 1 is 0.857 bits per heavy atom. The van der Waals surface area contributed by atoms with Crippen LogP contribution in [-0.2, 0) is 5.41 Å². The zero-order valence-electron chi connectivity index (χ0n) is 13.2. The minimum absolute atomic E-state index is 0.142. The van der Waals surface area contributed by atoms with Crippen LogP contribution in [0.15, 0.2) is 48.5 Å². The molecule has 0 N–H and O–H groups in total. The van der Waals surface area contributed by atoms with E-state index in [9.17, 15) is 0 Å². The summed E-state index contributed by atoms with van der Waals surface area (Å²) in [6, 6.07) is 17.4. The van der Waals surface area contributed by atoms with Gasteiger partial charge < -0.3 is 4.74 Å². The average molecular weight is 278 g/mol. The highest BCUT2D eigenvalue weighted by atomic mass is 16.5. The van der Waals surface area contributed by atoms with Crippen molar-refractivity contribution < 1.29 is 4.74 Å². The molecule has 21 heavy (non-hydrogen) atoms. The predicted molar refractivity (Wildman–Crippen MR) is 91.3 cm³/mol. The summed E-state index contributed by atoms with van der Waals surface area (Å²) < 4.78 is 6.00. The van der Waals surface area contributed by atoms with Crippen LogP contribution in [0.5, 0.6) is 5.75 Å². The summed E-state index contributed by atoms with van der Waals surface area (Å²) >= 11 is 0. The molecular formula is C20H22O. The fraction of sp³-hybridized carbons (Fsp3) is 0.300. The van der Waals surface area contributed by atoms with Gasteiger partial charge in [-0.05, 0) is 40.8 Å². The first kappa shape index (κ1) is 13.9. The highest BCUT2D eigenvalue weighted by Gasteiger charge is 2.16. The van der Waals surface area contributed by atoms with Crippen LogP contribution in [0, 0.1) is 0 Å². The maximum absolute atomic E-state index is 6.00. The Balaban J connectivity index is 2.38. The monoisotopic (exact) mass is 278 g/mol. The van der Waals surface area contributed by atoms with E-state index in [1.807, 2.05) is 6.92 Å². The van der Waals surface area contributed by atoms with Gasteiger partial charge in [-0.2, -0.15) is 0 Å². The SMILES string of the molecule is CCOc1c2ccccc2cc2ccc(C(C)(C)C)cc12. The van der Waals surface area contributed by atoms with Crippen LogP contribution in [0.3, 0.4) is 0 Å². The number of hydrogen-bond acceptors (Lipinski definition) is 1. The van der Waals surface area contributed by atoms with E-state index in [1.54, 1.807) is 0 Å². The number of ether oxygens (including phenoxy) is 1. The van der Waals surface area contributed by atoms with Crippen LogP contribution >= 0.6 is 0 Å². The lowest BCUT2D eigenvalue weighted by Gasteiger charge is -2.20. The molecule has 0 aromatic heterocycles. The standard InChI is InChI=1S/C20H22O/c1-5-21-19-17-9-7-6-8-14(17)12-15-10-11-16(13-18(15)19)20(2,3)4/h6-13H,5H2,1-4H3. The summed E-state index contributed by atoms with van der Waals surface area (Å²) in [5.41, 5.74) is 1.48. The zero-order chi connectivity index (χ0) is 15.0. The van der Waals surface area contributed by atoms with E-state index in [0.29, 0.717) is 6.61 Å². The van der Waals surface area contributed by atoms with Gasteiger partial charge in [-0.25, -0.2) is 0 Å². The van der Waals surface area contributed by atoms with Crippen LogP contribution in [0.2, 0.25) is 0 Å². The molecule has 0 amide bonds. The molecule has 3 rings (SSSR count). The Kier molecular flexibility index (Phi) is 3.36. The molecule has 0 unspecified atom stereocenters. The van der Waals surface area contributed by atoms with Crippen molar-refractivity contribution in [1.82, 2.24) is 0 Å². The first-order valence-corrected chi connectivity index (χ1v) is 7.59. The van der Waals surface area contributed by atoms with Gasteiger partial charge in [0.05, 0.1) is 6.61 Å². The molecule has 1 heteroatoms. The molecule has 0 fully saturated rings. The quantitative estimate of drug-likeness (QED) is 0.547. The Morgan fingerprint density at radius 2 is 1.57 bits per heavy atom. The van der Waals surface area contributed by atoms with Gasteiger partial charge in [-0.3, -0.25) is 0 Å². The van der Waals surface area contributed by atoms with Crippen LogP contribution in [0.4, 0.5) is 0 Å². The van der Waals surface area contributed by atoms with E-state index in [2.05, 4.69) is 69.3 Å². The van der Waals surface area contributed by atoms with Gasteiger partial charge >= 0.3 is 0 Å². The van der Waals surface area contributed by atoms with Crippen molar-refractivity contribution in [3.05, 3.63) is 54.1 Å². The third-order valence-corrected chi connectivity index (χ3v) is 3.97. The van der Waals surface area contributed by atoms with Crippen LogP contribution in [0.1, 0.15) is 33.3 Å². The average Bonchev–Trinajstić information content (AvgIpc) is 2.45. The Morgan fingerprint density at radius 3 is 2.29 bits per heavy atom. The van der Waals surface area contributed by atoms with Crippen molar-refractivity contribution in [3.63, 3.8) is 0 Å². The number of hydrogen-bond donors (Lipinski definition) is 0. The van der Waals surface area contributed by atoms with Gasteiger partial charge in [0.1, 0.15) is 5.75 Å². The van der Waals surface area contributed by atoms with Gasteiger partial charge in [0, 0.05) is 10.8 Å². The van der Waals surface area contributed by atoms with Gasteiger partial charge in [-0.1, -0.05) is 57.2 Å². The number of rotatable bonds is 2. The van der Waals surface area contributed by atoms with Crippen LogP contribution in [0.25, 0.3) is 21.5 Å². The minimum atomic E-state index is 0.142. The van der Waals surface area contributed by atoms with Gasteiger partial charge in [0.25, 0.3) is 0 Å². The van der Waals surface area contributed by atoms with Crippen LogP contribution in [-0.4, -0.2) is 6.61 Å². The first-order chi connectivity index (χ1) is 10.0. The van der Waals surface area contributed by atoms with Crippen molar-refractivity contribution >= 4 is 21.5 Å². The molecule has 0 heterocycles. The third kappa shape index (κ3) is 2.49. The minimum Gasteiger partial charge on any atom is -0.493 e. The molecule has 0 aliphatic heterocycles. The van der Waals surface area contributed by atoms with Crippen molar-refractivity contribution in [2.45, 2.75) is 33.1 Å². The summed E-state index contributed by atoms with van der Waals surface area (Å²) in [4.78, 5) is 0. The van der Waals surface area contributed by atoms with Crippen molar-refractivity contribution in [1.29, 1.82) is 0 Å². The van der Waals surface area contributed by atoms with E-state index < -0.39 is 0 Å². The predicted octanol–water partition coefficient (Wildman–Crippen LogP) is 5.69. The van der Waals surface area contributed by atoms with E-state index in [-0.39, 0.29) is 5.41 Å². The van der Waals surface area contributed by atoms with E-state index >= 15 is 0 Å². The number of benzene rings is 3. The molecule has 0 aliphatic rings. The highest BCUT2D eigenvalue weighted by molar-refractivity contribution is 6.05. The lowest BCUT2D eigenvalue weighted by atomic mass is 9.85. The summed E-state index contributed by atoms with van der Waals surface area (Å²) in [6.07, 6.45) is 0. The largest absolute Gasteiger partial charge is 0.493 e. The zero-order valence-corrected chi connectivity index (χ0v) is 13.2. The summed E-state index contributed by atoms with van der Waals surface area (Å²) in [7, 11) is 0. The Hall–Kier alpha value is -2.02. The molecule has 0 radical (unpaired) electrons. The maximum atomic E-state index is 6.00. The molecule has 0 bridgehead atoms. The lowest BCUT2D eigenvalue weighted by molar-refractivity contribution is 0.348. The highest BCUT2D eigenvalue weighted by Crippen LogP contribution is 2.37. The second kappa shape index (κ2) is 5.07. The normalized spacial score (nSPS) is 12.0. The fourth-order valence-electron chi connectivity index (χ4n) is 2.79. The van der Waals surface area contributed by atoms with Gasteiger partial charge in [-0.15, -0.1) is 0 Å². The third-order valence-electron chi connectivity index (χ3n) is 3.97. The van der Waals surface area contributed by atoms with Crippen molar-refractivity contribution in [2.24, 2.45) is 0 Å². The smallest absolute Gasteiger partial charge is 0.134 e. The van der Waals surface area contributed by atoms with Gasteiger partial charge in [0.2, 0.25) is 0 Å². The second-order valence-electron chi connectivity index (χ2n) is 6.55. The molecular weight excluding hydrogens is 256 g/mol. The summed E-state index contributed by atoms with van der Waals surface area (Å²) in [5, 5.41) is 4.88. The summed E-state index contributed by atoms with van der Waals surface area (Å²) in [5.74, 6) is 1.01. The Bertz CT molecular complexity index is 794. The molecule has 1 nitrogen and oxygen atoms in total. The van der Waals surface area contributed by atoms with E-state index in [4.69, 9.17) is 4.74 Å². The molecule has 3 aromatic rings. The molecule has 0 spiro atoms. The fourth-order valence-corrected chi connectivity index (χ4v) is 2.79. The number of fused-ring (bicyclic) bond motifs is 2. The Labute approximate surface area is 126 Å². The molecule has 0 saturated carbocycles. The summed E-state index contributed by atoms with van der Waals surface area (Å²) in [6.45, 7) is 9.46. The van der Waals surface area contributed by atoms with Crippen molar-refractivity contribution in [2.75, 3.05) is 6.61 Å². The van der Waals surface area contributed by atoms with Crippen molar-refractivity contribution in [3.8, 4) is 5.75 Å². The second-order valence-corrected chi connectivity index (χ2v) is 6.55. The maximum Gasteiger partial charge on any atom is 0.134 e. The first-order valence-electron chi connectivity index (χ1n) is 7.59. The molecule has 0 atom stereocenters. The van der Waals surface area contributed by atoms with E-state index in [1.165, 1.54) is 27.1 Å². The lowest BCUT2D eigenvalue weighted by Crippen LogP contribution is -2.10. The van der Waals surface area contributed by atoms with Crippen LogP contribution < -0.4 is 4.74 Å². The van der Waals surface area contributed by atoms with Gasteiger partial charge in [0.15, 0.2) is 0 Å². The van der Waals surface area contributed by atoms with E-state index in [0.717, 1.165) is 5.75 Å². The molecule has 3 aromatic carbocycles. The topological polar surface area (TPSA) is 9.23 Å². The molecule has 108 valence electrons. The molecule has 0 saturated heterocycles. The molecule has 0 aliphatic carbocycles.